The monoisotopic (exact) mass is 375 g/mol. The van der Waals surface area contributed by atoms with Crippen LogP contribution < -0.4 is 10.1 Å². The molecule has 1 N–H and O–H groups in total. The third kappa shape index (κ3) is 4.86. The number of methoxy groups -OCH3 is 1. The van der Waals surface area contributed by atoms with Gasteiger partial charge in [-0.2, -0.15) is 0 Å². The van der Waals surface area contributed by atoms with Crippen molar-refractivity contribution < 1.29 is 14.3 Å². The Morgan fingerprint density at radius 1 is 1.22 bits per heavy atom. The van der Waals surface area contributed by atoms with E-state index in [0.717, 1.165) is 15.7 Å². The van der Waals surface area contributed by atoms with Crippen LogP contribution in [0.4, 0.5) is 5.69 Å². The van der Waals surface area contributed by atoms with E-state index in [2.05, 4.69) is 21.2 Å². The predicted octanol–water partition coefficient (Wildman–Crippen LogP) is 4.47. The average molecular weight is 376 g/mol. The molecule has 0 aliphatic heterocycles. The van der Waals surface area contributed by atoms with Crippen LogP contribution in [-0.2, 0) is 9.53 Å². The van der Waals surface area contributed by atoms with Crippen molar-refractivity contribution >= 4 is 33.3 Å². The lowest BCUT2D eigenvalue weighted by molar-refractivity contribution is -0.137. The molecule has 0 saturated heterocycles. The summed E-state index contributed by atoms with van der Waals surface area (Å²) < 4.78 is 11.2. The summed E-state index contributed by atoms with van der Waals surface area (Å²) in [5.41, 5.74) is 2.36. The van der Waals surface area contributed by atoms with E-state index in [1.807, 2.05) is 48.5 Å². The van der Waals surface area contributed by atoms with Crippen molar-refractivity contribution in [1.29, 1.82) is 0 Å². The van der Waals surface area contributed by atoms with Gasteiger partial charge in [0.2, 0.25) is 0 Å². The maximum Gasteiger partial charge on any atom is 0.332 e. The van der Waals surface area contributed by atoms with Crippen molar-refractivity contribution in [2.75, 3.05) is 19.0 Å². The zero-order valence-corrected chi connectivity index (χ0v) is 14.6. The summed E-state index contributed by atoms with van der Waals surface area (Å²) in [6.45, 7) is 2.12. The summed E-state index contributed by atoms with van der Waals surface area (Å²) >= 11 is 3.42. The molecule has 0 spiro atoms. The lowest BCUT2D eigenvalue weighted by Gasteiger charge is -2.13. The van der Waals surface area contributed by atoms with Gasteiger partial charge in [-0.15, -0.1) is 0 Å². The Morgan fingerprint density at radius 3 is 2.61 bits per heavy atom. The van der Waals surface area contributed by atoms with Gasteiger partial charge in [-0.05, 0) is 40.5 Å². The van der Waals surface area contributed by atoms with Crippen LogP contribution in [0.2, 0.25) is 0 Å². The fourth-order valence-electron chi connectivity index (χ4n) is 2.00. The van der Waals surface area contributed by atoms with Crippen LogP contribution >= 0.6 is 15.9 Å². The summed E-state index contributed by atoms with van der Waals surface area (Å²) in [7, 11) is 1.61. The molecule has 2 rings (SSSR count). The SMILES string of the molecule is CCOC(=O)/C=C(\Nc1ccc(Br)c(OC)c1)c1ccccc1. The highest BCUT2D eigenvalue weighted by atomic mass is 79.9. The van der Waals surface area contributed by atoms with E-state index in [1.165, 1.54) is 6.08 Å². The highest BCUT2D eigenvalue weighted by Gasteiger charge is 2.08. The van der Waals surface area contributed by atoms with Gasteiger partial charge in [0.05, 0.1) is 23.9 Å². The molecule has 0 bridgehead atoms. The van der Waals surface area contributed by atoms with Gasteiger partial charge in [-0.1, -0.05) is 30.3 Å². The van der Waals surface area contributed by atoms with Crippen LogP contribution in [-0.4, -0.2) is 19.7 Å². The zero-order valence-electron chi connectivity index (χ0n) is 13.0. The Hall–Kier alpha value is -2.27. The van der Waals surface area contributed by atoms with Gasteiger partial charge in [0, 0.05) is 17.8 Å². The van der Waals surface area contributed by atoms with E-state index < -0.39 is 0 Å². The van der Waals surface area contributed by atoms with Crippen LogP contribution in [0.3, 0.4) is 0 Å². The van der Waals surface area contributed by atoms with Crippen LogP contribution in [0.15, 0.2) is 59.1 Å². The molecule has 0 aliphatic carbocycles. The Bertz CT molecular complexity index is 699. The Balaban J connectivity index is 2.33. The lowest BCUT2D eigenvalue weighted by Crippen LogP contribution is -2.06. The first-order valence-electron chi connectivity index (χ1n) is 7.18. The molecule has 2 aromatic rings. The number of halogens is 1. The van der Waals surface area contributed by atoms with Gasteiger partial charge >= 0.3 is 5.97 Å². The van der Waals surface area contributed by atoms with E-state index in [0.29, 0.717) is 18.1 Å². The summed E-state index contributed by atoms with van der Waals surface area (Å²) in [5, 5.41) is 3.25. The number of rotatable bonds is 6. The largest absolute Gasteiger partial charge is 0.495 e. The molecule has 0 saturated carbocycles. The topological polar surface area (TPSA) is 47.6 Å². The molecule has 0 unspecified atom stereocenters. The Labute approximate surface area is 144 Å². The van der Waals surface area contributed by atoms with E-state index in [-0.39, 0.29) is 5.97 Å². The summed E-state index contributed by atoms with van der Waals surface area (Å²) in [6, 6.07) is 15.2. The van der Waals surface area contributed by atoms with E-state index in [9.17, 15) is 4.79 Å². The fraction of sp³-hybridized carbons (Fsp3) is 0.167. The zero-order chi connectivity index (χ0) is 16.7. The van der Waals surface area contributed by atoms with Crippen LogP contribution in [0.25, 0.3) is 5.70 Å². The second kappa shape index (κ2) is 8.39. The third-order valence-corrected chi connectivity index (χ3v) is 3.72. The summed E-state index contributed by atoms with van der Waals surface area (Å²) in [4.78, 5) is 11.8. The number of hydrogen-bond donors (Lipinski definition) is 1. The van der Waals surface area contributed by atoms with Crippen molar-refractivity contribution in [2.45, 2.75) is 6.92 Å². The molecule has 120 valence electrons. The first kappa shape index (κ1) is 17.1. The van der Waals surface area contributed by atoms with Crippen LogP contribution in [0.1, 0.15) is 12.5 Å². The van der Waals surface area contributed by atoms with E-state index in [1.54, 1.807) is 14.0 Å². The van der Waals surface area contributed by atoms with Gasteiger partial charge in [0.15, 0.2) is 0 Å². The first-order valence-corrected chi connectivity index (χ1v) is 7.97. The van der Waals surface area contributed by atoms with Gasteiger partial charge in [-0.25, -0.2) is 4.79 Å². The molecule has 0 heterocycles. The minimum Gasteiger partial charge on any atom is -0.495 e. The Kier molecular flexibility index (Phi) is 6.23. The second-order valence-electron chi connectivity index (χ2n) is 4.65. The van der Waals surface area contributed by atoms with Gasteiger partial charge in [-0.3, -0.25) is 0 Å². The smallest absolute Gasteiger partial charge is 0.332 e. The summed E-state index contributed by atoms with van der Waals surface area (Å²) in [6.07, 6.45) is 1.45. The van der Waals surface area contributed by atoms with Crippen molar-refractivity contribution in [3.8, 4) is 5.75 Å². The third-order valence-electron chi connectivity index (χ3n) is 3.06. The molecule has 0 atom stereocenters. The maximum atomic E-state index is 11.8. The molecule has 0 amide bonds. The molecule has 0 fully saturated rings. The number of carbonyl (C=O) groups excluding carboxylic acids is 1. The van der Waals surface area contributed by atoms with Crippen molar-refractivity contribution in [3.05, 3.63) is 64.6 Å². The van der Waals surface area contributed by atoms with Gasteiger partial charge in [0.1, 0.15) is 5.75 Å². The standard InChI is InChI=1S/C18H18BrNO3/c1-3-23-18(21)12-16(13-7-5-4-6-8-13)20-14-9-10-15(19)17(11-14)22-2/h4-12,20H,3H2,1-2H3/b16-12-. The molecule has 0 radical (unpaired) electrons. The van der Waals surface area contributed by atoms with E-state index >= 15 is 0 Å². The van der Waals surface area contributed by atoms with Crippen molar-refractivity contribution in [1.82, 2.24) is 0 Å². The number of esters is 1. The maximum absolute atomic E-state index is 11.8. The van der Waals surface area contributed by atoms with Crippen LogP contribution in [0.5, 0.6) is 5.75 Å². The fourth-order valence-corrected chi connectivity index (χ4v) is 2.41. The number of benzene rings is 2. The second-order valence-corrected chi connectivity index (χ2v) is 5.50. The molecular formula is C18H18BrNO3. The van der Waals surface area contributed by atoms with Crippen molar-refractivity contribution in [2.24, 2.45) is 0 Å². The minimum atomic E-state index is -0.386. The molecule has 0 aromatic heterocycles. The molecule has 2 aromatic carbocycles. The van der Waals surface area contributed by atoms with Gasteiger partial charge in [0.25, 0.3) is 0 Å². The predicted molar refractivity (Wildman–Crippen MR) is 95.4 cm³/mol. The minimum absolute atomic E-state index is 0.337. The quantitative estimate of drug-likeness (QED) is 0.597. The average Bonchev–Trinajstić information content (AvgIpc) is 2.57. The van der Waals surface area contributed by atoms with Crippen molar-refractivity contribution in [3.63, 3.8) is 0 Å². The molecule has 5 heteroatoms. The first-order chi connectivity index (χ1) is 11.1. The summed E-state index contributed by atoms with van der Waals surface area (Å²) in [5.74, 6) is 0.321. The Morgan fingerprint density at radius 2 is 1.96 bits per heavy atom. The number of hydrogen-bond acceptors (Lipinski definition) is 4. The molecule has 0 aliphatic rings. The molecule has 23 heavy (non-hydrogen) atoms. The number of nitrogens with one attached hydrogen (secondary N) is 1. The van der Waals surface area contributed by atoms with Gasteiger partial charge < -0.3 is 14.8 Å². The number of carbonyl (C=O) groups is 1. The normalized spacial score (nSPS) is 11.0. The van der Waals surface area contributed by atoms with E-state index in [4.69, 9.17) is 9.47 Å². The lowest BCUT2D eigenvalue weighted by atomic mass is 10.1. The number of anilines is 1. The number of ether oxygens (including phenoxy) is 2. The van der Waals surface area contributed by atoms with Crippen LogP contribution in [0, 0.1) is 0 Å². The highest BCUT2D eigenvalue weighted by Crippen LogP contribution is 2.29. The molecular weight excluding hydrogens is 358 g/mol. The molecule has 4 nitrogen and oxygen atoms in total. The highest BCUT2D eigenvalue weighted by molar-refractivity contribution is 9.10.